The van der Waals surface area contributed by atoms with E-state index in [1.807, 2.05) is 24.3 Å². The number of nitrogens with zero attached hydrogens (tertiary/aromatic N) is 1. The SMILES string of the molecule is O=C(NCC[S])c1cccc2cccnc12. The molecule has 0 saturated carbocycles. The van der Waals surface area contributed by atoms with E-state index in [-0.39, 0.29) is 5.91 Å². The maximum Gasteiger partial charge on any atom is 0.253 e. The van der Waals surface area contributed by atoms with Crippen molar-refractivity contribution in [3.63, 3.8) is 0 Å². The van der Waals surface area contributed by atoms with Crippen LogP contribution in [0.1, 0.15) is 10.4 Å². The van der Waals surface area contributed by atoms with Crippen molar-refractivity contribution in [2.24, 2.45) is 0 Å². The van der Waals surface area contributed by atoms with Crippen LogP contribution in [0.3, 0.4) is 0 Å². The topological polar surface area (TPSA) is 42.0 Å². The number of carbonyl (C=O) groups is 1. The Balaban J connectivity index is 2.40. The molecule has 4 heteroatoms. The van der Waals surface area contributed by atoms with Crippen LogP contribution in [-0.2, 0) is 0 Å². The van der Waals surface area contributed by atoms with E-state index in [9.17, 15) is 4.79 Å². The maximum atomic E-state index is 11.8. The lowest BCUT2D eigenvalue weighted by molar-refractivity contribution is 0.0957. The number of para-hydroxylation sites is 1. The van der Waals surface area contributed by atoms with E-state index >= 15 is 0 Å². The normalized spacial score (nSPS) is 10.3. The van der Waals surface area contributed by atoms with Gasteiger partial charge in [0.2, 0.25) is 0 Å². The molecule has 1 aromatic heterocycles. The molecular weight excluding hydrogens is 220 g/mol. The molecule has 1 amide bonds. The molecule has 0 fully saturated rings. The summed E-state index contributed by atoms with van der Waals surface area (Å²) in [5, 5.41) is 3.72. The predicted molar refractivity (Wildman–Crippen MR) is 66.5 cm³/mol. The largest absolute Gasteiger partial charge is 0.351 e. The van der Waals surface area contributed by atoms with Gasteiger partial charge in [-0.25, -0.2) is 0 Å². The quantitative estimate of drug-likeness (QED) is 0.879. The van der Waals surface area contributed by atoms with Gasteiger partial charge in [-0.2, -0.15) is 0 Å². The molecular formula is C12H11N2OS. The summed E-state index contributed by atoms with van der Waals surface area (Å²) in [6.45, 7) is 0.511. The van der Waals surface area contributed by atoms with Gasteiger partial charge in [0.25, 0.3) is 5.91 Å². The van der Waals surface area contributed by atoms with Crippen LogP contribution in [0.2, 0.25) is 0 Å². The van der Waals surface area contributed by atoms with Crippen LogP contribution in [-0.4, -0.2) is 23.2 Å². The molecule has 0 aliphatic rings. The van der Waals surface area contributed by atoms with Gasteiger partial charge in [0, 0.05) is 23.9 Å². The number of fused-ring (bicyclic) bond motifs is 1. The zero-order valence-electron chi connectivity index (χ0n) is 8.64. The minimum atomic E-state index is -0.117. The first kappa shape index (κ1) is 11.0. The molecule has 1 N–H and O–H groups in total. The third kappa shape index (κ3) is 2.17. The Morgan fingerprint density at radius 3 is 2.94 bits per heavy atom. The number of hydrogen-bond donors (Lipinski definition) is 1. The average Bonchev–Trinajstić information content (AvgIpc) is 2.35. The first-order chi connectivity index (χ1) is 7.83. The van der Waals surface area contributed by atoms with Crippen LogP contribution in [0.4, 0.5) is 0 Å². The summed E-state index contributed by atoms with van der Waals surface area (Å²) in [6.07, 6.45) is 1.69. The highest BCUT2D eigenvalue weighted by Crippen LogP contribution is 2.15. The van der Waals surface area contributed by atoms with Crippen molar-refractivity contribution in [3.05, 3.63) is 42.1 Å². The van der Waals surface area contributed by atoms with Crippen molar-refractivity contribution in [2.45, 2.75) is 0 Å². The minimum Gasteiger partial charge on any atom is -0.351 e. The standard InChI is InChI=1S/C12H11N2OS/c15-12(14-7-8-16)10-5-1-3-9-4-2-6-13-11(9)10/h1-6H,7-8H2,(H,14,15). The summed E-state index contributed by atoms with van der Waals surface area (Å²) >= 11 is 4.79. The van der Waals surface area contributed by atoms with Gasteiger partial charge in [0.1, 0.15) is 0 Å². The van der Waals surface area contributed by atoms with E-state index in [1.165, 1.54) is 0 Å². The number of pyridine rings is 1. The first-order valence-corrected chi connectivity index (χ1v) is 5.60. The van der Waals surface area contributed by atoms with Gasteiger partial charge in [-0.05, 0) is 12.1 Å². The summed E-state index contributed by atoms with van der Waals surface area (Å²) in [7, 11) is 0. The molecule has 1 radical (unpaired) electrons. The number of carbonyl (C=O) groups excluding carboxylic acids is 1. The van der Waals surface area contributed by atoms with E-state index in [2.05, 4.69) is 10.3 Å². The van der Waals surface area contributed by atoms with Crippen molar-refractivity contribution >= 4 is 29.4 Å². The Labute approximate surface area is 99.3 Å². The van der Waals surface area contributed by atoms with Crippen LogP contribution in [0.25, 0.3) is 10.9 Å². The maximum absolute atomic E-state index is 11.8. The zero-order chi connectivity index (χ0) is 11.4. The van der Waals surface area contributed by atoms with E-state index in [0.717, 1.165) is 10.9 Å². The predicted octanol–water partition coefficient (Wildman–Crippen LogP) is 2.16. The summed E-state index contributed by atoms with van der Waals surface area (Å²) < 4.78 is 0. The third-order valence-electron chi connectivity index (χ3n) is 2.26. The van der Waals surface area contributed by atoms with Crippen molar-refractivity contribution in [2.75, 3.05) is 12.3 Å². The smallest absolute Gasteiger partial charge is 0.253 e. The minimum absolute atomic E-state index is 0.117. The van der Waals surface area contributed by atoms with Crippen molar-refractivity contribution in [1.82, 2.24) is 10.3 Å². The Morgan fingerprint density at radius 1 is 1.31 bits per heavy atom. The molecule has 0 bridgehead atoms. The molecule has 1 heterocycles. The van der Waals surface area contributed by atoms with Gasteiger partial charge < -0.3 is 5.32 Å². The molecule has 0 atom stereocenters. The number of hydrogen-bond acceptors (Lipinski definition) is 2. The van der Waals surface area contributed by atoms with E-state index < -0.39 is 0 Å². The summed E-state index contributed by atoms with van der Waals surface area (Å²) in [4.78, 5) is 16.0. The number of nitrogens with one attached hydrogen (secondary N) is 1. The fourth-order valence-corrected chi connectivity index (χ4v) is 1.65. The zero-order valence-corrected chi connectivity index (χ0v) is 9.46. The van der Waals surface area contributed by atoms with Crippen LogP contribution < -0.4 is 5.32 Å². The molecule has 0 unspecified atom stereocenters. The van der Waals surface area contributed by atoms with E-state index in [0.29, 0.717) is 17.9 Å². The molecule has 0 saturated heterocycles. The van der Waals surface area contributed by atoms with Gasteiger partial charge in [-0.15, -0.1) is 0 Å². The Kier molecular flexibility index (Phi) is 3.41. The van der Waals surface area contributed by atoms with Crippen LogP contribution >= 0.6 is 12.6 Å². The van der Waals surface area contributed by atoms with Gasteiger partial charge in [0.05, 0.1) is 11.1 Å². The third-order valence-corrected chi connectivity index (χ3v) is 2.47. The van der Waals surface area contributed by atoms with E-state index in [4.69, 9.17) is 12.6 Å². The van der Waals surface area contributed by atoms with Gasteiger partial charge in [-0.1, -0.05) is 30.8 Å². The highest BCUT2D eigenvalue weighted by molar-refractivity contribution is 7.80. The fourth-order valence-electron chi connectivity index (χ4n) is 1.55. The average molecular weight is 231 g/mol. The second kappa shape index (κ2) is 4.99. The molecule has 0 aliphatic heterocycles. The van der Waals surface area contributed by atoms with Crippen molar-refractivity contribution in [1.29, 1.82) is 0 Å². The Hall–Kier alpha value is -1.55. The number of rotatable bonds is 3. The Morgan fingerprint density at radius 2 is 2.12 bits per heavy atom. The molecule has 2 rings (SSSR count). The van der Waals surface area contributed by atoms with Crippen molar-refractivity contribution in [3.8, 4) is 0 Å². The monoisotopic (exact) mass is 231 g/mol. The lowest BCUT2D eigenvalue weighted by Gasteiger charge is -2.05. The number of amides is 1. The van der Waals surface area contributed by atoms with Gasteiger partial charge >= 0.3 is 0 Å². The summed E-state index contributed by atoms with van der Waals surface area (Å²) in [5.41, 5.74) is 1.33. The van der Waals surface area contributed by atoms with Crippen LogP contribution in [0, 0.1) is 0 Å². The second-order valence-electron chi connectivity index (χ2n) is 3.34. The first-order valence-electron chi connectivity index (χ1n) is 5.03. The molecule has 0 aliphatic carbocycles. The van der Waals surface area contributed by atoms with E-state index in [1.54, 1.807) is 12.3 Å². The number of benzene rings is 1. The van der Waals surface area contributed by atoms with Crippen LogP contribution in [0.15, 0.2) is 36.5 Å². The molecule has 1 aromatic carbocycles. The summed E-state index contributed by atoms with van der Waals surface area (Å²) in [5.74, 6) is 0.401. The van der Waals surface area contributed by atoms with Gasteiger partial charge in [0.15, 0.2) is 0 Å². The molecule has 0 spiro atoms. The lowest BCUT2D eigenvalue weighted by atomic mass is 10.1. The lowest BCUT2D eigenvalue weighted by Crippen LogP contribution is -2.25. The van der Waals surface area contributed by atoms with Crippen molar-refractivity contribution < 1.29 is 4.79 Å². The highest BCUT2D eigenvalue weighted by Gasteiger charge is 2.09. The van der Waals surface area contributed by atoms with Gasteiger partial charge in [-0.3, -0.25) is 9.78 Å². The molecule has 3 nitrogen and oxygen atoms in total. The second-order valence-corrected chi connectivity index (χ2v) is 3.75. The van der Waals surface area contributed by atoms with Crippen LogP contribution in [0.5, 0.6) is 0 Å². The fraction of sp³-hybridized carbons (Fsp3) is 0.167. The molecule has 16 heavy (non-hydrogen) atoms. The number of aromatic nitrogens is 1. The summed E-state index contributed by atoms with van der Waals surface area (Å²) in [6, 6.07) is 9.35. The molecule has 81 valence electrons. The Bertz CT molecular complexity index is 508. The molecule has 2 aromatic rings. The highest BCUT2D eigenvalue weighted by atomic mass is 32.1.